The monoisotopic (exact) mass is 287 g/mol. The van der Waals surface area contributed by atoms with E-state index in [4.69, 9.17) is 5.73 Å². The number of nitrogens with two attached hydrogens (primary N) is 1. The average molecular weight is 287 g/mol. The smallest absolute Gasteiger partial charge is 0.0756 e. The van der Waals surface area contributed by atoms with Gasteiger partial charge in [-0.2, -0.15) is 0 Å². The molecule has 1 saturated carbocycles. The highest BCUT2D eigenvalue weighted by atomic mass is 16.3. The summed E-state index contributed by atoms with van der Waals surface area (Å²) < 4.78 is 0. The molecule has 2 aliphatic carbocycles. The molecule has 0 radical (unpaired) electrons. The Labute approximate surface area is 128 Å². The minimum absolute atomic E-state index is 0.238. The van der Waals surface area contributed by atoms with E-state index in [0.29, 0.717) is 12.0 Å². The van der Waals surface area contributed by atoms with E-state index in [9.17, 15) is 5.11 Å². The summed E-state index contributed by atoms with van der Waals surface area (Å²) in [5.74, 6) is 0. The molecule has 0 aliphatic heterocycles. The van der Waals surface area contributed by atoms with Crippen LogP contribution in [0.3, 0.4) is 0 Å². The van der Waals surface area contributed by atoms with Crippen LogP contribution >= 0.6 is 0 Å². The molecular weight excluding hydrogens is 258 g/mol. The van der Waals surface area contributed by atoms with Crippen LogP contribution in [-0.2, 0) is 11.8 Å². The molecule has 21 heavy (non-hydrogen) atoms. The second kappa shape index (κ2) is 5.10. The number of hydrogen-bond donors (Lipinski definition) is 2. The quantitative estimate of drug-likeness (QED) is 0.874. The number of fused-ring (bicyclic) bond motifs is 1. The number of aryl methyl sites for hydroxylation is 1. The number of aliphatic hydroxyl groups is 1. The van der Waals surface area contributed by atoms with Gasteiger partial charge in [0.1, 0.15) is 0 Å². The molecule has 0 bridgehead atoms. The predicted octanol–water partition coefficient (Wildman–Crippen LogP) is 3.55. The van der Waals surface area contributed by atoms with Crippen molar-refractivity contribution >= 4 is 0 Å². The fourth-order valence-electron chi connectivity index (χ4n) is 4.62. The standard InChI is InChI=1S/C19H29NO/c1-17(2)10-12-19(21,13-11-17)18(14-20)9-5-7-15-6-3-4-8-16(15)18/h3-4,6,8,21H,5,7,9-14,20H2,1-2H3. The Bertz CT molecular complexity index is 512. The van der Waals surface area contributed by atoms with Crippen molar-refractivity contribution in [2.75, 3.05) is 6.54 Å². The maximum absolute atomic E-state index is 11.5. The zero-order chi connectivity index (χ0) is 15.1. The Kier molecular flexibility index (Phi) is 3.66. The highest BCUT2D eigenvalue weighted by Gasteiger charge is 2.53. The third-order valence-corrected chi connectivity index (χ3v) is 6.25. The molecule has 2 nitrogen and oxygen atoms in total. The van der Waals surface area contributed by atoms with E-state index >= 15 is 0 Å². The lowest BCUT2D eigenvalue weighted by atomic mass is 9.54. The lowest BCUT2D eigenvalue weighted by molar-refractivity contribution is -0.0919. The zero-order valence-electron chi connectivity index (χ0n) is 13.5. The van der Waals surface area contributed by atoms with Gasteiger partial charge in [0, 0.05) is 12.0 Å². The predicted molar refractivity (Wildman–Crippen MR) is 87.3 cm³/mol. The first-order valence-electron chi connectivity index (χ1n) is 8.43. The topological polar surface area (TPSA) is 46.2 Å². The van der Waals surface area contributed by atoms with Gasteiger partial charge in [-0.15, -0.1) is 0 Å². The molecule has 2 aliphatic rings. The van der Waals surface area contributed by atoms with Crippen LogP contribution in [0.4, 0.5) is 0 Å². The first-order valence-corrected chi connectivity index (χ1v) is 8.43. The maximum atomic E-state index is 11.5. The highest BCUT2D eigenvalue weighted by molar-refractivity contribution is 5.40. The molecule has 0 heterocycles. The second-order valence-electron chi connectivity index (χ2n) is 7.99. The van der Waals surface area contributed by atoms with Gasteiger partial charge in [-0.1, -0.05) is 38.1 Å². The fourth-order valence-corrected chi connectivity index (χ4v) is 4.62. The van der Waals surface area contributed by atoms with Crippen LogP contribution < -0.4 is 5.73 Å². The number of rotatable bonds is 2. The average Bonchev–Trinajstić information content (AvgIpc) is 2.50. The van der Waals surface area contributed by atoms with E-state index in [2.05, 4.69) is 38.1 Å². The Morgan fingerprint density at radius 3 is 2.38 bits per heavy atom. The highest BCUT2D eigenvalue weighted by Crippen LogP contribution is 2.53. The van der Waals surface area contributed by atoms with Gasteiger partial charge in [0.25, 0.3) is 0 Å². The SMILES string of the molecule is CC1(C)CCC(O)(C2(CN)CCCc3ccccc32)CC1. The normalized spacial score (nSPS) is 30.7. The van der Waals surface area contributed by atoms with Crippen molar-refractivity contribution in [3.8, 4) is 0 Å². The van der Waals surface area contributed by atoms with Crippen molar-refractivity contribution in [2.24, 2.45) is 11.1 Å². The van der Waals surface area contributed by atoms with Crippen LogP contribution in [-0.4, -0.2) is 17.3 Å². The Morgan fingerprint density at radius 2 is 1.71 bits per heavy atom. The minimum Gasteiger partial charge on any atom is -0.389 e. The van der Waals surface area contributed by atoms with Crippen molar-refractivity contribution in [3.05, 3.63) is 35.4 Å². The molecule has 3 N–H and O–H groups in total. The summed E-state index contributed by atoms with van der Waals surface area (Å²) in [4.78, 5) is 0. The summed E-state index contributed by atoms with van der Waals surface area (Å²) in [6.45, 7) is 5.19. The molecular formula is C19H29NO. The molecule has 1 aromatic carbocycles. The van der Waals surface area contributed by atoms with Gasteiger partial charge < -0.3 is 10.8 Å². The van der Waals surface area contributed by atoms with Crippen LogP contribution in [0.1, 0.15) is 63.5 Å². The van der Waals surface area contributed by atoms with Crippen LogP contribution in [0, 0.1) is 5.41 Å². The minimum atomic E-state index is -0.631. The summed E-state index contributed by atoms with van der Waals surface area (Å²) in [6.07, 6.45) is 7.23. The van der Waals surface area contributed by atoms with Crippen LogP contribution in [0.5, 0.6) is 0 Å². The summed E-state index contributed by atoms with van der Waals surface area (Å²) >= 11 is 0. The Morgan fingerprint density at radius 1 is 1.05 bits per heavy atom. The van der Waals surface area contributed by atoms with Crippen LogP contribution in [0.25, 0.3) is 0 Å². The molecule has 1 unspecified atom stereocenters. The molecule has 0 aromatic heterocycles. The summed E-state index contributed by atoms with van der Waals surface area (Å²) in [5, 5.41) is 11.5. The second-order valence-corrected chi connectivity index (χ2v) is 7.99. The van der Waals surface area contributed by atoms with E-state index < -0.39 is 5.60 Å². The van der Waals surface area contributed by atoms with Crippen LogP contribution in [0.2, 0.25) is 0 Å². The van der Waals surface area contributed by atoms with Gasteiger partial charge in [0.2, 0.25) is 0 Å². The molecule has 1 aromatic rings. The first-order chi connectivity index (χ1) is 9.93. The fraction of sp³-hybridized carbons (Fsp3) is 0.684. The van der Waals surface area contributed by atoms with Crippen molar-refractivity contribution in [1.82, 2.24) is 0 Å². The zero-order valence-corrected chi connectivity index (χ0v) is 13.5. The van der Waals surface area contributed by atoms with Gasteiger partial charge in [-0.25, -0.2) is 0 Å². The van der Waals surface area contributed by atoms with Crippen molar-refractivity contribution in [2.45, 2.75) is 69.8 Å². The van der Waals surface area contributed by atoms with Crippen LogP contribution in [0.15, 0.2) is 24.3 Å². The van der Waals surface area contributed by atoms with Gasteiger partial charge >= 0.3 is 0 Å². The summed E-state index contributed by atoms with van der Waals surface area (Å²) in [6, 6.07) is 8.64. The number of benzene rings is 1. The molecule has 1 fully saturated rings. The van der Waals surface area contributed by atoms with Gasteiger partial charge in [-0.3, -0.25) is 0 Å². The number of hydrogen-bond acceptors (Lipinski definition) is 2. The van der Waals surface area contributed by atoms with Crippen molar-refractivity contribution in [1.29, 1.82) is 0 Å². The third-order valence-electron chi connectivity index (χ3n) is 6.25. The van der Waals surface area contributed by atoms with E-state index in [0.717, 1.165) is 44.9 Å². The van der Waals surface area contributed by atoms with Crippen molar-refractivity contribution < 1.29 is 5.11 Å². The van der Waals surface area contributed by atoms with Gasteiger partial charge in [-0.05, 0) is 61.5 Å². The molecule has 0 amide bonds. The van der Waals surface area contributed by atoms with Crippen molar-refractivity contribution in [3.63, 3.8) is 0 Å². The van der Waals surface area contributed by atoms with Gasteiger partial charge in [0.05, 0.1) is 5.60 Å². The Balaban J connectivity index is 2.02. The Hall–Kier alpha value is -0.860. The molecule has 3 rings (SSSR count). The van der Waals surface area contributed by atoms with Gasteiger partial charge in [0.15, 0.2) is 0 Å². The van der Waals surface area contributed by atoms with E-state index in [1.165, 1.54) is 11.1 Å². The van der Waals surface area contributed by atoms with E-state index in [-0.39, 0.29) is 5.41 Å². The summed E-state index contributed by atoms with van der Waals surface area (Å²) in [5.41, 5.74) is 8.48. The molecule has 2 heteroatoms. The summed E-state index contributed by atoms with van der Waals surface area (Å²) in [7, 11) is 0. The third kappa shape index (κ3) is 2.33. The molecule has 0 spiro atoms. The molecule has 1 atom stereocenters. The lowest BCUT2D eigenvalue weighted by Crippen LogP contribution is -2.59. The van der Waals surface area contributed by atoms with E-state index in [1.807, 2.05) is 0 Å². The first kappa shape index (κ1) is 15.1. The molecule has 116 valence electrons. The maximum Gasteiger partial charge on any atom is 0.0756 e. The van der Waals surface area contributed by atoms with E-state index in [1.54, 1.807) is 0 Å². The molecule has 0 saturated heterocycles. The largest absolute Gasteiger partial charge is 0.389 e. The lowest BCUT2D eigenvalue weighted by Gasteiger charge is -2.54.